The molecule has 1 aliphatic heterocycles. The number of carbonyl (C=O) groups is 1. The number of methoxy groups -OCH3 is 1. The van der Waals surface area contributed by atoms with E-state index in [2.05, 4.69) is 10.5 Å². The first-order chi connectivity index (χ1) is 12.1. The number of benzene rings is 2. The van der Waals surface area contributed by atoms with E-state index in [9.17, 15) is 14.9 Å². The summed E-state index contributed by atoms with van der Waals surface area (Å²) in [5, 5.41) is 17.5. The Morgan fingerprint density at radius 2 is 2.08 bits per heavy atom. The van der Waals surface area contributed by atoms with Gasteiger partial charge in [0.2, 0.25) is 6.10 Å². The molecule has 0 spiro atoms. The summed E-state index contributed by atoms with van der Waals surface area (Å²) in [6.45, 7) is 0. The maximum absolute atomic E-state index is 12.4. The molecule has 2 aromatic rings. The molecule has 3 rings (SSSR count). The van der Waals surface area contributed by atoms with Crippen LogP contribution in [0.1, 0.15) is 12.0 Å². The van der Waals surface area contributed by atoms with Crippen molar-refractivity contribution in [2.45, 2.75) is 12.5 Å². The van der Waals surface area contributed by atoms with E-state index < -0.39 is 16.9 Å². The molecule has 8 nitrogen and oxygen atoms in total. The van der Waals surface area contributed by atoms with Gasteiger partial charge in [-0.15, -0.1) is 0 Å². The fourth-order valence-corrected chi connectivity index (χ4v) is 2.44. The fraction of sp³-hybridized carbons (Fsp3) is 0.176. The van der Waals surface area contributed by atoms with Gasteiger partial charge in [0.25, 0.3) is 11.6 Å². The first-order valence-corrected chi connectivity index (χ1v) is 7.50. The number of nitro benzene ring substituents is 1. The Hall–Kier alpha value is -3.42. The quantitative estimate of drug-likeness (QED) is 0.665. The van der Waals surface area contributed by atoms with E-state index in [0.29, 0.717) is 17.9 Å². The van der Waals surface area contributed by atoms with E-state index in [1.807, 2.05) is 30.3 Å². The second-order valence-corrected chi connectivity index (χ2v) is 5.33. The summed E-state index contributed by atoms with van der Waals surface area (Å²) in [4.78, 5) is 28.0. The van der Waals surface area contributed by atoms with Gasteiger partial charge in [-0.1, -0.05) is 35.5 Å². The van der Waals surface area contributed by atoms with Gasteiger partial charge in [-0.2, -0.15) is 0 Å². The van der Waals surface area contributed by atoms with Crippen molar-refractivity contribution in [3.05, 3.63) is 64.2 Å². The largest absolute Gasteiger partial charge is 0.495 e. The van der Waals surface area contributed by atoms with Crippen LogP contribution < -0.4 is 10.1 Å². The molecule has 2 aromatic carbocycles. The number of carbonyl (C=O) groups excluding carboxylic acids is 1. The number of hydrogen-bond acceptors (Lipinski definition) is 6. The molecule has 0 saturated heterocycles. The summed E-state index contributed by atoms with van der Waals surface area (Å²) < 4.78 is 5.13. The number of oxime groups is 1. The van der Waals surface area contributed by atoms with E-state index in [-0.39, 0.29) is 11.4 Å². The minimum Gasteiger partial charge on any atom is -0.495 e. The van der Waals surface area contributed by atoms with Gasteiger partial charge in [0.05, 0.1) is 23.4 Å². The minimum atomic E-state index is -0.806. The van der Waals surface area contributed by atoms with Crippen LogP contribution in [-0.4, -0.2) is 29.8 Å². The normalized spacial score (nSPS) is 15.9. The Bertz CT molecular complexity index is 835. The Kier molecular flexibility index (Phi) is 4.60. The maximum atomic E-state index is 12.4. The molecular weight excluding hydrogens is 326 g/mol. The summed E-state index contributed by atoms with van der Waals surface area (Å²) in [5.74, 6) is -0.130. The molecule has 0 aromatic heterocycles. The smallest absolute Gasteiger partial charge is 0.271 e. The lowest BCUT2D eigenvalue weighted by Gasteiger charge is -2.12. The number of ether oxygens (including phenoxy) is 1. The van der Waals surface area contributed by atoms with Crippen molar-refractivity contribution < 1.29 is 19.3 Å². The third-order valence-corrected chi connectivity index (χ3v) is 3.72. The zero-order valence-corrected chi connectivity index (χ0v) is 13.3. The number of hydrogen-bond donors (Lipinski definition) is 1. The van der Waals surface area contributed by atoms with Gasteiger partial charge in [0.15, 0.2) is 0 Å². The van der Waals surface area contributed by atoms with E-state index in [1.54, 1.807) is 0 Å². The lowest BCUT2D eigenvalue weighted by atomic mass is 10.0. The van der Waals surface area contributed by atoms with E-state index in [4.69, 9.17) is 9.57 Å². The van der Waals surface area contributed by atoms with Crippen LogP contribution in [0.5, 0.6) is 5.75 Å². The van der Waals surface area contributed by atoms with E-state index >= 15 is 0 Å². The average Bonchev–Trinajstić information content (AvgIpc) is 3.12. The number of amides is 1. The molecule has 1 aliphatic rings. The summed E-state index contributed by atoms with van der Waals surface area (Å²) in [6.07, 6.45) is -0.494. The van der Waals surface area contributed by atoms with Crippen molar-refractivity contribution in [3.63, 3.8) is 0 Å². The Balaban J connectivity index is 1.71. The monoisotopic (exact) mass is 341 g/mol. The number of nitrogens with zero attached hydrogens (tertiary/aromatic N) is 2. The molecule has 8 heteroatoms. The molecule has 0 radical (unpaired) electrons. The predicted molar refractivity (Wildman–Crippen MR) is 90.7 cm³/mol. The lowest BCUT2D eigenvalue weighted by Crippen LogP contribution is -2.28. The minimum absolute atomic E-state index is 0.148. The number of nitrogens with one attached hydrogen (secondary N) is 1. The van der Waals surface area contributed by atoms with Gasteiger partial charge < -0.3 is 14.9 Å². The van der Waals surface area contributed by atoms with Crippen LogP contribution in [0.25, 0.3) is 0 Å². The highest BCUT2D eigenvalue weighted by Gasteiger charge is 2.29. The van der Waals surface area contributed by atoms with Crippen molar-refractivity contribution in [3.8, 4) is 5.75 Å². The van der Waals surface area contributed by atoms with Crippen LogP contribution in [-0.2, 0) is 9.63 Å². The lowest BCUT2D eigenvalue weighted by molar-refractivity contribution is -0.384. The van der Waals surface area contributed by atoms with Crippen LogP contribution in [0, 0.1) is 10.1 Å². The van der Waals surface area contributed by atoms with Crippen LogP contribution in [0.4, 0.5) is 11.4 Å². The van der Waals surface area contributed by atoms with E-state index in [1.165, 1.54) is 25.3 Å². The summed E-state index contributed by atoms with van der Waals surface area (Å²) in [7, 11) is 1.42. The van der Waals surface area contributed by atoms with Gasteiger partial charge in [0, 0.05) is 18.6 Å². The zero-order valence-electron chi connectivity index (χ0n) is 13.3. The van der Waals surface area contributed by atoms with Crippen LogP contribution in [0.15, 0.2) is 53.7 Å². The van der Waals surface area contributed by atoms with Crippen LogP contribution >= 0.6 is 0 Å². The van der Waals surface area contributed by atoms with Gasteiger partial charge in [-0.05, 0) is 11.6 Å². The van der Waals surface area contributed by atoms with Crippen molar-refractivity contribution in [1.82, 2.24) is 0 Å². The van der Waals surface area contributed by atoms with Gasteiger partial charge in [0.1, 0.15) is 5.75 Å². The Morgan fingerprint density at radius 3 is 2.76 bits per heavy atom. The molecule has 1 amide bonds. The molecule has 0 bridgehead atoms. The summed E-state index contributed by atoms with van der Waals surface area (Å²) in [6, 6.07) is 13.4. The number of non-ortho nitro benzene ring substituents is 1. The highest BCUT2D eigenvalue weighted by atomic mass is 16.6. The molecule has 128 valence electrons. The second-order valence-electron chi connectivity index (χ2n) is 5.33. The van der Waals surface area contributed by atoms with Crippen molar-refractivity contribution in [1.29, 1.82) is 0 Å². The standard InChI is InChI=1S/C17H15N3O5/c1-24-15-8-7-12(20(22)23)9-14(15)18-17(21)16-10-13(19-25-16)11-5-3-2-4-6-11/h2-9,16H,10H2,1H3,(H,18,21). The van der Waals surface area contributed by atoms with E-state index in [0.717, 1.165) is 5.56 Å². The van der Waals surface area contributed by atoms with Crippen molar-refractivity contribution in [2.75, 3.05) is 12.4 Å². The third-order valence-electron chi connectivity index (χ3n) is 3.72. The highest BCUT2D eigenvalue weighted by molar-refractivity contribution is 6.06. The van der Waals surface area contributed by atoms with Gasteiger partial charge in [-0.3, -0.25) is 14.9 Å². The number of anilines is 1. The average molecular weight is 341 g/mol. The second kappa shape index (κ2) is 7.00. The zero-order chi connectivity index (χ0) is 17.8. The number of nitro groups is 1. The molecule has 0 aliphatic carbocycles. The molecule has 1 heterocycles. The third kappa shape index (κ3) is 3.57. The fourth-order valence-electron chi connectivity index (χ4n) is 2.44. The summed E-state index contributed by atoms with van der Waals surface area (Å²) >= 11 is 0. The first kappa shape index (κ1) is 16.4. The predicted octanol–water partition coefficient (Wildman–Crippen LogP) is 2.74. The highest BCUT2D eigenvalue weighted by Crippen LogP contribution is 2.29. The molecule has 25 heavy (non-hydrogen) atoms. The topological polar surface area (TPSA) is 103 Å². The molecule has 0 fully saturated rings. The first-order valence-electron chi connectivity index (χ1n) is 7.50. The Labute approximate surface area is 143 Å². The molecular formula is C17H15N3O5. The van der Waals surface area contributed by atoms with Crippen LogP contribution in [0.3, 0.4) is 0 Å². The molecule has 0 saturated carbocycles. The Morgan fingerprint density at radius 1 is 1.32 bits per heavy atom. The number of rotatable bonds is 5. The molecule has 1 atom stereocenters. The SMILES string of the molecule is COc1ccc([N+](=O)[O-])cc1NC(=O)C1CC(c2ccccc2)=NO1. The summed E-state index contributed by atoms with van der Waals surface area (Å²) in [5.41, 5.74) is 1.61. The van der Waals surface area contributed by atoms with Gasteiger partial charge in [-0.25, -0.2) is 0 Å². The van der Waals surface area contributed by atoms with Crippen LogP contribution in [0.2, 0.25) is 0 Å². The molecule has 1 unspecified atom stereocenters. The molecule has 1 N–H and O–H groups in total. The van der Waals surface area contributed by atoms with Gasteiger partial charge >= 0.3 is 0 Å². The van der Waals surface area contributed by atoms with Crippen molar-refractivity contribution in [2.24, 2.45) is 5.16 Å². The maximum Gasteiger partial charge on any atom is 0.271 e. The van der Waals surface area contributed by atoms with Crippen molar-refractivity contribution >= 4 is 23.0 Å².